The first kappa shape index (κ1) is 15.1. The zero-order chi connectivity index (χ0) is 15.7. The van der Waals surface area contributed by atoms with E-state index >= 15 is 0 Å². The van der Waals surface area contributed by atoms with Crippen molar-refractivity contribution in [2.24, 2.45) is 5.92 Å². The molecule has 0 spiro atoms. The predicted octanol–water partition coefficient (Wildman–Crippen LogP) is 0.442. The molecule has 1 aliphatic heterocycles. The molecule has 3 atom stereocenters. The van der Waals surface area contributed by atoms with E-state index in [9.17, 15) is 24.9 Å². The number of rotatable bonds is 4. The molecule has 1 heterocycles. The second-order valence-corrected chi connectivity index (χ2v) is 5.11. The lowest BCUT2D eigenvalue weighted by molar-refractivity contribution is -0.144. The zero-order valence-corrected chi connectivity index (χ0v) is 11.3. The van der Waals surface area contributed by atoms with E-state index in [0.29, 0.717) is 5.56 Å². The van der Waals surface area contributed by atoms with Crippen LogP contribution in [-0.2, 0) is 16.0 Å². The maximum Gasteiger partial charge on any atom is 0.304 e. The van der Waals surface area contributed by atoms with Crippen LogP contribution in [-0.4, -0.2) is 44.4 Å². The molecule has 4 N–H and O–H groups in total. The van der Waals surface area contributed by atoms with Crippen LogP contribution < -0.4 is 4.74 Å². The zero-order valence-electron chi connectivity index (χ0n) is 11.3. The molecule has 0 fully saturated rings. The summed E-state index contributed by atoms with van der Waals surface area (Å²) >= 11 is 0. The summed E-state index contributed by atoms with van der Waals surface area (Å²) in [7, 11) is 0. The van der Waals surface area contributed by atoms with E-state index in [0.717, 1.165) is 6.07 Å². The Bertz CT molecular complexity index is 581. The molecule has 21 heavy (non-hydrogen) atoms. The van der Waals surface area contributed by atoms with Crippen molar-refractivity contribution in [3.8, 4) is 17.2 Å². The number of hydrogen-bond acceptors (Lipinski definition) is 6. The summed E-state index contributed by atoms with van der Waals surface area (Å²) in [5.74, 6) is -2.89. The van der Waals surface area contributed by atoms with Crippen molar-refractivity contribution < 1.29 is 34.8 Å². The number of benzene rings is 1. The molecule has 7 heteroatoms. The molecule has 2 rings (SSSR count). The number of fused-ring (bicyclic) bond motifs is 1. The highest BCUT2D eigenvalue weighted by molar-refractivity contribution is 5.83. The van der Waals surface area contributed by atoms with Gasteiger partial charge in [0, 0.05) is 24.1 Å². The number of aliphatic hydroxyl groups is 1. The Morgan fingerprint density at radius 2 is 2.05 bits per heavy atom. The van der Waals surface area contributed by atoms with Gasteiger partial charge < -0.3 is 25.2 Å². The molecule has 7 nitrogen and oxygen atoms in total. The summed E-state index contributed by atoms with van der Waals surface area (Å²) in [6.07, 6.45) is -2.61. The van der Waals surface area contributed by atoms with E-state index < -0.39 is 36.3 Å². The summed E-state index contributed by atoms with van der Waals surface area (Å²) in [5.41, 5.74) is 0.314. The van der Waals surface area contributed by atoms with Gasteiger partial charge in [-0.2, -0.15) is 0 Å². The van der Waals surface area contributed by atoms with Crippen molar-refractivity contribution in [3.63, 3.8) is 0 Å². The van der Waals surface area contributed by atoms with Crippen LogP contribution >= 0.6 is 0 Å². The molecule has 1 aliphatic rings. The predicted molar refractivity (Wildman–Crippen MR) is 70.3 cm³/mol. The summed E-state index contributed by atoms with van der Waals surface area (Å²) in [5, 5.41) is 38.1. The summed E-state index contributed by atoms with van der Waals surface area (Å²) in [6.45, 7) is 1.24. The van der Waals surface area contributed by atoms with Crippen LogP contribution in [0.2, 0.25) is 0 Å². The fourth-order valence-electron chi connectivity index (χ4n) is 2.51. The number of ether oxygens (including phenoxy) is 1. The van der Waals surface area contributed by atoms with Crippen molar-refractivity contribution in [3.05, 3.63) is 17.7 Å². The Kier molecular flexibility index (Phi) is 4.04. The molecule has 0 radical (unpaired) electrons. The minimum atomic E-state index is -1.17. The Labute approximate surface area is 120 Å². The minimum absolute atomic E-state index is 0.00944. The van der Waals surface area contributed by atoms with E-state index in [2.05, 4.69) is 0 Å². The number of phenolic OH excluding ortho intramolecular Hbond substituents is 2. The maximum atomic E-state index is 11.6. The van der Waals surface area contributed by atoms with Crippen LogP contribution in [0.25, 0.3) is 0 Å². The highest BCUT2D eigenvalue weighted by Crippen LogP contribution is 2.39. The molecule has 0 saturated carbocycles. The van der Waals surface area contributed by atoms with Crippen molar-refractivity contribution >= 4 is 11.8 Å². The van der Waals surface area contributed by atoms with Gasteiger partial charge in [-0.15, -0.1) is 0 Å². The van der Waals surface area contributed by atoms with Crippen LogP contribution in [0, 0.1) is 5.92 Å². The lowest BCUT2D eigenvalue weighted by Crippen LogP contribution is -2.46. The fourth-order valence-corrected chi connectivity index (χ4v) is 2.51. The first-order valence-corrected chi connectivity index (χ1v) is 6.41. The van der Waals surface area contributed by atoms with E-state index in [4.69, 9.17) is 9.84 Å². The third-order valence-electron chi connectivity index (χ3n) is 3.54. The Morgan fingerprint density at radius 1 is 1.38 bits per heavy atom. The average molecular weight is 296 g/mol. The Hall–Kier alpha value is -2.28. The van der Waals surface area contributed by atoms with E-state index in [1.807, 2.05) is 0 Å². The van der Waals surface area contributed by atoms with E-state index in [1.54, 1.807) is 0 Å². The molecule has 0 saturated heterocycles. The van der Waals surface area contributed by atoms with Crippen LogP contribution in [0.1, 0.15) is 18.9 Å². The quantitative estimate of drug-likeness (QED) is 0.635. The lowest BCUT2D eigenvalue weighted by Gasteiger charge is -2.34. The average Bonchev–Trinajstić information content (AvgIpc) is 2.36. The summed E-state index contributed by atoms with van der Waals surface area (Å²) in [4.78, 5) is 22.5. The van der Waals surface area contributed by atoms with Gasteiger partial charge in [0.1, 0.15) is 29.1 Å². The SMILES string of the molecule is CC(=O)[C@@H](CC(=O)O)[C@H]1Oc2cc(O)cc(O)c2C[C@@H]1O. The summed E-state index contributed by atoms with van der Waals surface area (Å²) in [6, 6.07) is 2.38. The number of carboxylic acid groups (broad SMARTS) is 1. The van der Waals surface area contributed by atoms with Crippen LogP contribution in [0.4, 0.5) is 0 Å². The first-order chi connectivity index (χ1) is 9.79. The Balaban J connectivity index is 2.34. The number of aliphatic carboxylic acids is 1. The number of carbonyl (C=O) groups is 2. The monoisotopic (exact) mass is 296 g/mol. The number of aliphatic hydroxyl groups excluding tert-OH is 1. The van der Waals surface area contributed by atoms with Crippen LogP contribution in [0.3, 0.4) is 0 Å². The third kappa shape index (κ3) is 3.08. The normalized spacial score (nSPS) is 22.0. The largest absolute Gasteiger partial charge is 0.508 e. The van der Waals surface area contributed by atoms with Crippen molar-refractivity contribution in [2.45, 2.75) is 32.0 Å². The van der Waals surface area contributed by atoms with Gasteiger partial charge in [0.05, 0.1) is 18.4 Å². The van der Waals surface area contributed by atoms with Crippen molar-refractivity contribution in [1.29, 1.82) is 0 Å². The smallest absolute Gasteiger partial charge is 0.304 e. The molecule has 1 aromatic carbocycles. The standard InChI is InChI=1S/C14H16O7/c1-6(15)8(5-13(19)20)14-11(18)4-9-10(17)2-7(16)3-12(9)21-14/h2-3,8,11,14,16-18H,4-5H2,1H3,(H,19,20)/t8-,11+,14-/m1/s1. The van der Waals surface area contributed by atoms with Crippen LogP contribution in [0.15, 0.2) is 12.1 Å². The number of phenols is 2. The molecule has 114 valence electrons. The molecular weight excluding hydrogens is 280 g/mol. The van der Waals surface area contributed by atoms with Gasteiger partial charge in [0.25, 0.3) is 0 Å². The van der Waals surface area contributed by atoms with Crippen molar-refractivity contribution in [1.82, 2.24) is 0 Å². The van der Waals surface area contributed by atoms with Gasteiger partial charge in [0.15, 0.2) is 0 Å². The maximum absolute atomic E-state index is 11.6. The molecule has 0 amide bonds. The molecule has 0 aliphatic carbocycles. The molecular formula is C14H16O7. The third-order valence-corrected chi connectivity index (χ3v) is 3.54. The van der Waals surface area contributed by atoms with Gasteiger partial charge >= 0.3 is 5.97 Å². The number of hydrogen-bond donors (Lipinski definition) is 4. The second-order valence-electron chi connectivity index (χ2n) is 5.11. The van der Waals surface area contributed by atoms with Gasteiger partial charge in [-0.25, -0.2) is 0 Å². The van der Waals surface area contributed by atoms with Crippen LogP contribution in [0.5, 0.6) is 17.2 Å². The molecule has 0 unspecified atom stereocenters. The number of Topliss-reactive ketones (excluding diaryl/α,β-unsaturated/α-hetero) is 1. The fraction of sp³-hybridized carbons (Fsp3) is 0.429. The highest BCUT2D eigenvalue weighted by Gasteiger charge is 2.39. The summed E-state index contributed by atoms with van der Waals surface area (Å²) < 4.78 is 5.48. The van der Waals surface area contributed by atoms with Gasteiger partial charge in [-0.3, -0.25) is 9.59 Å². The lowest BCUT2D eigenvalue weighted by atomic mass is 9.86. The van der Waals surface area contributed by atoms with Gasteiger partial charge in [-0.1, -0.05) is 0 Å². The number of ketones is 1. The first-order valence-electron chi connectivity index (χ1n) is 6.41. The van der Waals surface area contributed by atoms with E-state index in [-0.39, 0.29) is 23.7 Å². The van der Waals surface area contributed by atoms with E-state index in [1.165, 1.54) is 13.0 Å². The van der Waals surface area contributed by atoms with Gasteiger partial charge in [0.2, 0.25) is 0 Å². The topological polar surface area (TPSA) is 124 Å². The number of aromatic hydroxyl groups is 2. The Morgan fingerprint density at radius 3 is 2.62 bits per heavy atom. The highest BCUT2D eigenvalue weighted by atomic mass is 16.5. The number of carbonyl (C=O) groups excluding carboxylic acids is 1. The second kappa shape index (κ2) is 5.61. The minimum Gasteiger partial charge on any atom is -0.508 e. The van der Waals surface area contributed by atoms with Crippen molar-refractivity contribution in [2.75, 3.05) is 0 Å². The molecule has 0 aromatic heterocycles. The number of carboxylic acids is 1. The molecule has 1 aromatic rings. The molecule has 0 bridgehead atoms. The van der Waals surface area contributed by atoms with Gasteiger partial charge in [-0.05, 0) is 6.92 Å².